The summed E-state index contributed by atoms with van der Waals surface area (Å²) in [6, 6.07) is 24.1. The number of amides is 1. The maximum absolute atomic E-state index is 13.6. The third-order valence-electron chi connectivity index (χ3n) is 6.90. The van der Waals surface area contributed by atoms with Crippen molar-refractivity contribution in [1.82, 2.24) is 9.99 Å². The van der Waals surface area contributed by atoms with Gasteiger partial charge in [0, 0.05) is 22.6 Å². The molecule has 7 nitrogen and oxygen atoms in total. The number of carbonyl (C=O) groups is 1. The summed E-state index contributed by atoms with van der Waals surface area (Å²) in [4.78, 5) is 13.1. The molecule has 1 aromatic heterocycles. The van der Waals surface area contributed by atoms with Gasteiger partial charge in [-0.15, -0.1) is 0 Å². The van der Waals surface area contributed by atoms with Crippen molar-refractivity contribution in [1.29, 1.82) is 0 Å². The molecule has 1 heterocycles. The summed E-state index contributed by atoms with van der Waals surface area (Å²) in [7, 11) is -4.00. The van der Waals surface area contributed by atoms with E-state index in [1.165, 1.54) is 5.56 Å². The fraction of sp³-hybridized carbons (Fsp3) is 0.250. The zero-order valence-corrected chi connectivity index (χ0v) is 24.7. The van der Waals surface area contributed by atoms with Gasteiger partial charge in [0.1, 0.15) is 6.54 Å². The zero-order valence-electron chi connectivity index (χ0n) is 23.8. The first-order valence-electron chi connectivity index (χ1n) is 13.2. The molecule has 4 rings (SSSR count). The molecule has 40 heavy (non-hydrogen) atoms. The highest BCUT2D eigenvalue weighted by atomic mass is 32.2. The molecule has 4 aromatic rings. The molecule has 8 heteroatoms. The van der Waals surface area contributed by atoms with Crippen LogP contribution in [0.2, 0.25) is 0 Å². The lowest BCUT2D eigenvalue weighted by Gasteiger charge is -2.24. The van der Waals surface area contributed by atoms with Gasteiger partial charge >= 0.3 is 0 Å². The number of nitrogens with one attached hydrogen (secondary N) is 1. The normalized spacial score (nSPS) is 11.8. The number of sulfonamides is 1. The van der Waals surface area contributed by atoms with Crippen molar-refractivity contribution in [2.45, 2.75) is 52.4 Å². The van der Waals surface area contributed by atoms with Gasteiger partial charge in [-0.3, -0.25) is 9.10 Å². The quantitative estimate of drug-likeness (QED) is 0.197. The summed E-state index contributed by atoms with van der Waals surface area (Å²) < 4.78 is 30.5. The molecule has 0 spiro atoms. The van der Waals surface area contributed by atoms with E-state index >= 15 is 0 Å². The van der Waals surface area contributed by atoms with Gasteiger partial charge in [-0.25, -0.2) is 13.8 Å². The van der Waals surface area contributed by atoms with Crippen LogP contribution < -0.4 is 9.73 Å². The Balaban J connectivity index is 1.56. The van der Waals surface area contributed by atoms with Crippen LogP contribution in [0.15, 0.2) is 88.9 Å². The highest BCUT2D eigenvalue weighted by Crippen LogP contribution is 2.26. The molecule has 0 aliphatic rings. The Morgan fingerprint density at radius 2 is 1.48 bits per heavy atom. The SMILES string of the molecule is Cc1ccc(-n2c(C)cc(/C=N\NC(=O)CN(c3ccc(C(C)C)cc3)S(=O)(=O)c3ccc(C)cc3)c2C)cc1. The van der Waals surface area contributed by atoms with Crippen molar-refractivity contribution in [2.24, 2.45) is 5.10 Å². The van der Waals surface area contributed by atoms with E-state index in [9.17, 15) is 13.2 Å². The van der Waals surface area contributed by atoms with E-state index in [4.69, 9.17) is 0 Å². The second-order valence-corrected chi connectivity index (χ2v) is 12.2. The number of benzene rings is 3. The van der Waals surface area contributed by atoms with Gasteiger partial charge in [0.25, 0.3) is 15.9 Å². The smallest absolute Gasteiger partial charge is 0.264 e. The number of carbonyl (C=O) groups excluding carboxylic acids is 1. The van der Waals surface area contributed by atoms with Crippen molar-refractivity contribution in [2.75, 3.05) is 10.8 Å². The average Bonchev–Trinajstić information content (AvgIpc) is 3.20. The second-order valence-electron chi connectivity index (χ2n) is 10.4. The predicted molar refractivity (Wildman–Crippen MR) is 162 cm³/mol. The third-order valence-corrected chi connectivity index (χ3v) is 8.69. The molecule has 0 unspecified atom stereocenters. The van der Waals surface area contributed by atoms with Crippen LogP contribution in [-0.4, -0.2) is 31.7 Å². The number of hydrogen-bond acceptors (Lipinski definition) is 4. The van der Waals surface area contributed by atoms with Crippen molar-refractivity contribution in [3.63, 3.8) is 0 Å². The Morgan fingerprint density at radius 1 is 0.900 bits per heavy atom. The lowest BCUT2D eigenvalue weighted by molar-refractivity contribution is -0.119. The molecule has 0 aliphatic heterocycles. The molecular formula is C32H36N4O3S. The number of aromatic nitrogens is 1. The molecule has 208 valence electrons. The summed E-state index contributed by atoms with van der Waals surface area (Å²) in [5.41, 5.74) is 10.0. The average molecular weight is 557 g/mol. The topological polar surface area (TPSA) is 83.8 Å². The van der Waals surface area contributed by atoms with Crippen LogP contribution in [0.3, 0.4) is 0 Å². The number of rotatable bonds is 9. The molecule has 0 aliphatic carbocycles. The Bertz CT molecular complexity index is 1620. The molecular weight excluding hydrogens is 520 g/mol. The van der Waals surface area contributed by atoms with Crippen molar-refractivity contribution in [3.8, 4) is 5.69 Å². The standard InChI is InChI=1S/C32H36N4O3S/c1-22(2)27-11-15-29(16-12-27)35(40(38,39)31-17-9-24(4)10-18-31)21-32(37)34-33-20-28-19-25(5)36(26(28)6)30-13-7-23(3)8-14-30/h7-20,22H,21H2,1-6H3,(H,34,37)/b33-20-. The Morgan fingerprint density at radius 3 is 2.05 bits per heavy atom. The second kappa shape index (κ2) is 11.9. The van der Waals surface area contributed by atoms with Crippen LogP contribution in [0.25, 0.3) is 5.69 Å². The van der Waals surface area contributed by atoms with Gasteiger partial charge in [0.05, 0.1) is 16.8 Å². The molecule has 0 bridgehead atoms. The minimum Gasteiger partial charge on any atom is -0.318 e. The van der Waals surface area contributed by atoms with Crippen LogP contribution in [0, 0.1) is 27.7 Å². The van der Waals surface area contributed by atoms with E-state index in [1.54, 1.807) is 42.6 Å². The molecule has 3 aromatic carbocycles. The third kappa shape index (κ3) is 6.34. The lowest BCUT2D eigenvalue weighted by atomic mass is 10.0. The van der Waals surface area contributed by atoms with Crippen LogP contribution >= 0.6 is 0 Å². The minimum atomic E-state index is -4.00. The zero-order chi connectivity index (χ0) is 29.0. The van der Waals surface area contributed by atoms with Crippen molar-refractivity contribution < 1.29 is 13.2 Å². The Kier molecular flexibility index (Phi) is 8.59. The van der Waals surface area contributed by atoms with E-state index in [0.29, 0.717) is 11.6 Å². The highest BCUT2D eigenvalue weighted by Gasteiger charge is 2.27. The van der Waals surface area contributed by atoms with Gasteiger partial charge in [0.15, 0.2) is 0 Å². The molecule has 0 atom stereocenters. The van der Waals surface area contributed by atoms with Crippen LogP contribution in [0.5, 0.6) is 0 Å². The maximum Gasteiger partial charge on any atom is 0.264 e. The largest absolute Gasteiger partial charge is 0.318 e. The first kappa shape index (κ1) is 28.8. The van der Waals surface area contributed by atoms with Gasteiger partial charge in [-0.2, -0.15) is 5.10 Å². The monoisotopic (exact) mass is 556 g/mol. The van der Waals surface area contributed by atoms with Crippen LogP contribution in [-0.2, 0) is 14.8 Å². The van der Waals surface area contributed by atoms with Crippen molar-refractivity contribution in [3.05, 3.63) is 113 Å². The lowest BCUT2D eigenvalue weighted by Crippen LogP contribution is -2.39. The molecule has 1 amide bonds. The first-order valence-corrected chi connectivity index (χ1v) is 14.7. The number of aryl methyl sites for hydroxylation is 3. The molecule has 0 radical (unpaired) electrons. The molecule has 0 saturated carbocycles. The van der Waals surface area contributed by atoms with E-state index in [2.05, 4.69) is 53.2 Å². The summed E-state index contributed by atoms with van der Waals surface area (Å²) in [5.74, 6) is -0.256. The van der Waals surface area contributed by atoms with Gasteiger partial charge in [0.2, 0.25) is 0 Å². The number of hydrogen-bond donors (Lipinski definition) is 1. The molecule has 0 fully saturated rings. The summed E-state index contributed by atoms with van der Waals surface area (Å²) in [6.07, 6.45) is 1.58. The maximum atomic E-state index is 13.6. The predicted octanol–water partition coefficient (Wildman–Crippen LogP) is 6.18. The van der Waals surface area contributed by atoms with Gasteiger partial charge in [-0.05, 0) is 81.6 Å². The fourth-order valence-electron chi connectivity index (χ4n) is 4.53. The summed E-state index contributed by atoms with van der Waals surface area (Å²) >= 11 is 0. The fourth-order valence-corrected chi connectivity index (χ4v) is 5.95. The number of hydrazone groups is 1. The number of anilines is 1. The van der Waals surface area contributed by atoms with E-state index < -0.39 is 22.5 Å². The Labute approximate surface area is 237 Å². The minimum absolute atomic E-state index is 0.117. The van der Waals surface area contributed by atoms with Gasteiger partial charge < -0.3 is 4.57 Å². The van der Waals surface area contributed by atoms with E-state index in [-0.39, 0.29) is 4.90 Å². The van der Waals surface area contributed by atoms with Gasteiger partial charge in [-0.1, -0.05) is 61.4 Å². The summed E-state index contributed by atoms with van der Waals surface area (Å²) in [6.45, 7) is 11.7. The highest BCUT2D eigenvalue weighted by molar-refractivity contribution is 7.92. The van der Waals surface area contributed by atoms with E-state index in [1.807, 2.05) is 45.9 Å². The first-order chi connectivity index (χ1) is 19.0. The van der Waals surface area contributed by atoms with Crippen LogP contribution in [0.4, 0.5) is 5.69 Å². The number of nitrogens with zero attached hydrogens (tertiary/aromatic N) is 3. The molecule has 1 N–H and O–H groups in total. The van der Waals surface area contributed by atoms with Crippen LogP contribution in [0.1, 0.15) is 53.4 Å². The Hall–Kier alpha value is -4.17. The molecule has 0 saturated heterocycles. The summed E-state index contributed by atoms with van der Waals surface area (Å²) in [5, 5.41) is 4.16. The van der Waals surface area contributed by atoms with Crippen molar-refractivity contribution >= 4 is 27.8 Å². The van der Waals surface area contributed by atoms with E-state index in [0.717, 1.165) is 38.1 Å².